The molecule has 0 radical (unpaired) electrons. The van der Waals surface area contributed by atoms with Crippen LogP contribution in [-0.2, 0) is 14.8 Å². The van der Waals surface area contributed by atoms with Gasteiger partial charge in [0.1, 0.15) is 6.04 Å². The number of nitrogens with zero attached hydrogens (tertiary/aromatic N) is 1. The molecule has 7 nitrogen and oxygen atoms in total. The van der Waals surface area contributed by atoms with Crippen LogP contribution in [0.1, 0.15) is 30.1 Å². The summed E-state index contributed by atoms with van der Waals surface area (Å²) in [6.07, 6.45) is 6.17. The molecular weight excluding hydrogens is 344 g/mol. The van der Waals surface area contributed by atoms with Crippen LogP contribution < -0.4 is 4.72 Å². The van der Waals surface area contributed by atoms with Crippen molar-refractivity contribution in [1.29, 1.82) is 0 Å². The van der Waals surface area contributed by atoms with E-state index in [4.69, 9.17) is 6.42 Å². The number of carboxylic acid groups (broad SMARTS) is 1. The molecule has 1 amide bonds. The van der Waals surface area contributed by atoms with E-state index >= 15 is 0 Å². The minimum absolute atomic E-state index is 0.0126. The van der Waals surface area contributed by atoms with Crippen molar-refractivity contribution in [1.82, 2.24) is 9.62 Å². The lowest BCUT2D eigenvalue weighted by Gasteiger charge is -2.36. The highest BCUT2D eigenvalue weighted by Crippen LogP contribution is 2.24. The maximum absolute atomic E-state index is 12.6. The Balaban J connectivity index is 2.20. The molecule has 2 N–H and O–H groups in total. The van der Waals surface area contributed by atoms with Crippen LogP contribution in [0.5, 0.6) is 0 Å². The molecular formula is C17H20N2O5S. The van der Waals surface area contributed by atoms with Crippen molar-refractivity contribution >= 4 is 21.9 Å². The fourth-order valence-electron chi connectivity index (χ4n) is 2.78. The molecule has 0 spiro atoms. The van der Waals surface area contributed by atoms with Gasteiger partial charge in [0.15, 0.2) is 0 Å². The number of hydrogen-bond donors (Lipinski definition) is 2. The van der Waals surface area contributed by atoms with Gasteiger partial charge < -0.3 is 10.0 Å². The van der Waals surface area contributed by atoms with Gasteiger partial charge in [-0.2, -0.15) is 4.72 Å². The predicted octanol–water partition coefficient (Wildman–Crippen LogP) is 0.923. The number of likely N-dealkylation sites (tertiary alicyclic amines) is 1. The molecule has 0 bridgehead atoms. The van der Waals surface area contributed by atoms with Gasteiger partial charge in [-0.25, -0.2) is 13.2 Å². The maximum atomic E-state index is 12.6. The number of carboxylic acids is 1. The molecule has 1 aliphatic heterocycles. The van der Waals surface area contributed by atoms with Gasteiger partial charge in [0.05, 0.1) is 11.4 Å². The van der Waals surface area contributed by atoms with Gasteiger partial charge in [0, 0.05) is 12.1 Å². The van der Waals surface area contributed by atoms with Crippen LogP contribution in [0.4, 0.5) is 0 Å². The fraction of sp³-hybridized carbons (Fsp3) is 0.412. The Labute approximate surface area is 147 Å². The van der Waals surface area contributed by atoms with Crippen molar-refractivity contribution in [3.8, 4) is 12.3 Å². The maximum Gasteiger partial charge on any atom is 0.326 e. The summed E-state index contributed by atoms with van der Waals surface area (Å²) in [5.41, 5.74) is 0.247. The van der Waals surface area contributed by atoms with Gasteiger partial charge in [0.25, 0.3) is 5.91 Å². The summed E-state index contributed by atoms with van der Waals surface area (Å²) in [6, 6.07) is 4.49. The second-order valence-electron chi connectivity index (χ2n) is 6.04. The number of aliphatic carboxylic acids is 1. The Morgan fingerprint density at radius 3 is 2.56 bits per heavy atom. The SMILES string of the molecule is C#CCNS(=O)(=O)c1ccc(C(=O)N2CCC(C)CC2C(=O)O)cc1. The molecule has 2 rings (SSSR count). The van der Waals surface area contributed by atoms with E-state index in [0.717, 1.165) is 6.42 Å². The van der Waals surface area contributed by atoms with Crippen LogP contribution in [0.25, 0.3) is 0 Å². The third kappa shape index (κ3) is 4.38. The van der Waals surface area contributed by atoms with E-state index in [0.29, 0.717) is 13.0 Å². The molecule has 1 aliphatic rings. The summed E-state index contributed by atoms with van der Waals surface area (Å²) in [5.74, 6) is 0.968. The quantitative estimate of drug-likeness (QED) is 0.756. The Bertz CT molecular complexity index is 795. The van der Waals surface area contributed by atoms with Crippen molar-refractivity contribution in [2.24, 2.45) is 5.92 Å². The van der Waals surface area contributed by atoms with Crippen LogP contribution in [0.3, 0.4) is 0 Å². The largest absolute Gasteiger partial charge is 0.480 e. The van der Waals surface area contributed by atoms with Gasteiger partial charge >= 0.3 is 5.97 Å². The minimum atomic E-state index is -3.73. The molecule has 1 saturated heterocycles. The third-order valence-electron chi connectivity index (χ3n) is 4.19. The number of carbonyl (C=O) groups is 2. The normalized spacial score (nSPS) is 20.7. The first-order valence-corrected chi connectivity index (χ1v) is 9.31. The summed E-state index contributed by atoms with van der Waals surface area (Å²) in [4.78, 5) is 25.4. The predicted molar refractivity (Wildman–Crippen MR) is 91.3 cm³/mol. The average molecular weight is 364 g/mol. The number of benzene rings is 1. The van der Waals surface area contributed by atoms with Gasteiger partial charge in [-0.05, 0) is 43.0 Å². The standard InChI is InChI=1S/C17H20N2O5S/c1-3-9-18-25(23,24)14-6-4-13(5-7-14)16(20)19-10-8-12(2)11-15(19)17(21)22/h1,4-7,12,15,18H,8-11H2,2H3,(H,21,22). The molecule has 134 valence electrons. The molecule has 25 heavy (non-hydrogen) atoms. The van der Waals surface area contributed by atoms with Gasteiger partial charge in [-0.3, -0.25) is 4.79 Å². The lowest BCUT2D eigenvalue weighted by atomic mass is 9.92. The molecule has 1 heterocycles. The van der Waals surface area contributed by atoms with Crippen molar-refractivity contribution in [3.63, 3.8) is 0 Å². The number of nitrogens with one attached hydrogen (secondary N) is 1. The topological polar surface area (TPSA) is 104 Å². The Morgan fingerprint density at radius 2 is 2.00 bits per heavy atom. The highest BCUT2D eigenvalue weighted by molar-refractivity contribution is 7.89. The minimum Gasteiger partial charge on any atom is -0.480 e. The molecule has 1 aromatic carbocycles. The summed E-state index contributed by atoms with van der Waals surface area (Å²) in [7, 11) is -3.73. The monoisotopic (exact) mass is 364 g/mol. The van der Waals surface area contributed by atoms with Crippen molar-refractivity contribution in [2.75, 3.05) is 13.1 Å². The molecule has 2 atom stereocenters. The first kappa shape index (κ1) is 19.0. The van der Waals surface area contributed by atoms with Crippen molar-refractivity contribution in [2.45, 2.75) is 30.7 Å². The molecule has 1 fully saturated rings. The lowest BCUT2D eigenvalue weighted by molar-refractivity contribution is -0.144. The van der Waals surface area contributed by atoms with Crippen LogP contribution in [0.15, 0.2) is 29.2 Å². The highest BCUT2D eigenvalue weighted by Gasteiger charge is 2.35. The molecule has 8 heteroatoms. The Kier molecular flexibility index (Phi) is 5.82. The van der Waals surface area contributed by atoms with E-state index in [9.17, 15) is 23.1 Å². The lowest BCUT2D eigenvalue weighted by Crippen LogP contribution is -2.49. The van der Waals surface area contributed by atoms with Gasteiger partial charge in [0.2, 0.25) is 10.0 Å². The van der Waals surface area contributed by atoms with E-state index in [1.54, 1.807) is 0 Å². The van der Waals surface area contributed by atoms with E-state index in [1.165, 1.54) is 29.2 Å². The van der Waals surface area contributed by atoms with Crippen molar-refractivity contribution < 1.29 is 23.1 Å². The van der Waals surface area contributed by atoms with Crippen LogP contribution >= 0.6 is 0 Å². The van der Waals surface area contributed by atoms with Crippen LogP contribution in [0, 0.1) is 18.3 Å². The smallest absolute Gasteiger partial charge is 0.326 e. The molecule has 0 aliphatic carbocycles. The van der Waals surface area contributed by atoms with E-state index < -0.39 is 27.9 Å². The summed E-state index contributed by atoms with van der Waals surface area (Å²) in [6.45, 7) is 2.19. The van der Waals surface area contributed by atoms with E-state index in [1.807, 2.05) is 6.92 Å². The number of sulfonamides is 1. The zero-order valence-corrected chi connectivity index (χ0v) is 14.6. The summed E-state index contributed by atoms with van der Waals surface area (Å²) < 4.78 is 26.2. The number of carbonyl (C=O) groups excluding carboxylic acids is 1. The second kappa shape index (κ2) is 7.68. The Hall–Kier alpha value is -2.37. The van der Waals surface area contributed by atoms with E-state index in [2.05, 4.69) is 10.6 Å². The number of rotatable bonds is 5. The molecule has 2 unspecified atom stereocenters. The highest BCUT2D eigenvalue weighted by atomic mass is 32.2. The number of terminal acetylenes is 1. The second-order valence-corrected chi connectivity index (χ2v) is 7.80. The van der Waals surface area contributed by atoms with Crippen molar-refractivity contribution in [3.05, 3.63) is 29.8 Å². The zero-order valence-electron chi connectivity index (χ0n) is 13.8. The fourth-order valence-corrected chi connectivity index (χ4v) is 3.72. The average Bonchev–Trinajstić information content (AvgIpc) is 2.59. The number of amides is 1. The molecule has 0 aromatic heterocycles. The van der Waals surface area contributed by atoms with E-state index in [-0.39, 0.29) is 22.9 Å². The Morgan fingerprint density at radius 1 is 1.36 bits per heavy atom. The molecule has 1 aromatic rings. The number of piperidine rings is 1. The van der Waals surface area contributed by atoms with Crippen LogP contribution in [0.2, 0.25) is 0 Å². The third-order valence-corrected chi connectivity index (χ3v) is 5.60. The zero-order chi connectivity index (χ0) is 18.6. The van der Waals surface area contributed by atoms with Crippen LogP contribution in [-0.4, -0.2) is 49.4 Å². The number of hydrogen-bond acceptors (Lipinski definition) is 4. The van der Waals surface area contributed by atoms with Gasteiger partial charge in [-0.15, -0.1) is 6.42 Å². The summed E-state index contributed by atoms with van der Waals surface area (Å²) >= 11 is 0. The first-order valence-electron chi connectivity index (χ1n) is 7.83. The van der Waals surface area contributed by atoms with Gasteiger partial charge in [-0.1, -0.05) is 12.8 Å². The first-order chi connectivity index (χ1) is 11.8. The summed E-state index contributed by atoms with van der Waals surface area (Å²) in [5, 5.41) is 9.36. The molecule has 0 saturated carbocycles.